The number of nitrogens with zero attached hydrogens (tertiary/aromatic N) is 3. The molecule has 1 fully saturated rings. The first kappa shape index (κ1) is 25.7. The van der Waals surface area contributed by atoms with Crippen LogP contribution in [0.3, 0.4) is 0 Å². The number of amides is 1. The lowest BCUT2D eigenvalue weighted by Gasteiger charge is -2.34. The van der Waals surface area contributed by atoms with Gasteiger partial charge in [-0.1, -0.05) is 57.6 Å². The van der Waals surface area contributed by atoms with Crippen molar-refractivity contribution in [2.75, 3.05) is 48.9 Å². The van der Waals surface area contributed by atoms with Crippen LogP contribution in [0.15, 0.2) is 82.2 Å². The van der Waals surface area contributed by atoms with Crippen molar-refractivity contribution in [3.63, 3.8) is 0 Å². The van der Waals surface area contributed by atoms with E-state index in [-0.39, 0.29) is 22.1 Å². The molecular weight excluding hydrogens is 574 g/mol. The van der Waals surface area contributed by atoms with E-state index in [1.807, 2.05) is 12.1 Å². The Morgan fingerprint density at radius 2 is 1.70 bits per heavy atom. The molecule has 11 heteroatoms. The minimum atomic E-state index is -3.80. The molecule has 37 heavy (non-hydrogen) atoms. The van der Waals surface area contributed by atoms with Crippen LogP contribution in [0, 0.1) is 0 Å². The van der Waals surface area contributed by atoms with Crippen LogP contribution in [-0.4, -0.2) is 63.5 Å². The molecule has 0 aliphatic carbocycles. The maximum atomic E-state index is 12.9. The van der Waals surface area contributed by atoms with Crippen molar-refractivity contribution in [2.24, 2.45) is 0 Å². The highest BCUT2D eigenvalue weighted by molar-refractivity contribution is 9.10. The van der Waals surface area contributed by atoms with Gasteiger partial charge in [0.15, 0.2) is 5.13 Å². The summed E-state index contributed by atoms with van der Waals surface area (Å²) < 4.78 is 30.2. The number of fused-ring (bicyclic) bond motifs is 1. The zero-order valence-corrected chi connectivity index (χ0v) is 23.2. The van der Waals surface area contributed by atoms with Crippen LogP contribution >= 0.6 is 27.3 Å². The fourth-order valence-electron chi connectivity index (χ4n) is 4.18. The van der Waals surface area contributed by atoms with Crippen LogP contribution in [0.25, 0.3) is 10.2 Å². The number of carbonyl (C=O) groups is 1. The lowest BCUT2D eigenvalue weighted by molar-refractivity contribution is 0.0948. The Labute approximate surface area is 228 Å². The number of sulfonamides is 1. The third-order valence-corrected chi connectivity index (χ3v) is 9.12. The van der Waals surface area contributed by atoms with E-state index in [4.69, 9.17) is 4.98 Å². The van der Waals surface area contributed by atoms with Gasteiger partial charge in [-0.15, -0.1) is 0 Å². The molecule has 0 unspecified atom stereocenters. The summed E-state index contributed by atoms with van der Waals surface area (Å²) in [7, 11) is -3.80. The number of para-hydroxylation sites is 1. The van der Waals surface area contributed by atoms with Crippen molar-refractivity contribution in [3.05, 3.63) is 82.8 Å². The normalized spacial score (nSPS) is 14.6. The summed E-state index contributed by atoms with van der Waals surface area (Å²) in [6, 6.07) is 20.9. The van der Waals surface area contributed by atoms with Crippen molar-refractivity contribution in [3.8, 4) is 0 Å². The average molecular weight is 601 g/mol. The number of anilines is 2. The van der Waals surface area contributed by atoms with Gasteiger partial charge >= 0.3 is 0 Å². The number of thiazole rings is 1. The zero-order chi connectivity index (χ0) is 25.8. The molecule has 0 atom stereocenters. The van der Waals surface area contributed by atoms with Crippen LogP contribution in [0.5, 0.6) is 0 Å². The molecule has 4 aromatic rings. The number of nitrogens with one attached hydrogen (secondary N) is 2. The molecule has 0 radical (unpaired) electrons. The van der Waals surface area contributed by atoms with E-state index in [0.717, 1.165) is 41.3 Å². The van der Waals surface area contributed by atoms with Crippen LogP contribution in [-0.2, 0) is 10.0 Å². The Balaban J connectivity index is 1.13. The predicted molar refractivity (Wildman–Crippen MR) is 152 cm³/mol. The van der Waals surface area contributed by atoms with E-state index >= 15 is 0 Å². The average Bonchev–Trinajstić information content (AvgIpc) is 3.33. The van der Waals surface area contributed by atoms with Crippen molar-refractivity contribution in [1.82, 2.24) is 15.2 Å². The number of carbonyl (C=O) groups excluding carboxylic acids is 1. The fourth-order valence-corrected chi connectivity index (χ4v) is 6.85. The topological polar surface area (TPSA) is 94.6 Å². The van der Waals surface area contributed by atoms with Crippen LogP contribution < -0.4 is 14.9 Å². The first-order valence-corrected chi connectivity index (χ1v) is 15.0. The quantitative estimate of drug-likeness (QED) is 0.311. The smallest absolute Gasteiger partial charge is 0.261 e. The second-order valence-corrected chi connectivity index (χ2v) is 12.3. The predicted octanol–water partition coefficient (Wildman–Crippen LogP) is 4.41. The minimum Gasteiger partial charge on any atom is -0.351 e. The molecular formula is C26H26BrN5O3S2. The van der Waals surface area contributed by atoms with E-state index < -0.39 is 10.0 Å². The number of hydrogen-bond donors (Lipinski definition) is 2. The number of halogens is 1. The molecule has 5 rings (SSSR count). The molecule has 2 heterocycles. The largest absolute Gasteiger partial charge is 0.351 e. The van der Waals surface area contributed by atoms with Gasteiger partial charge in [0.25, 0.3) is 15.9 Å². The number of piperazine rings is 1. The van der Waals surface area contributed by atoms with Gasteiger partial charge in [0.1, 0.15) is 0 Å². The highest BCUT2D eigenvalue weighted by Gasteiger charge is 2.21. The van der Waals surface area contributed by atoms with E-state index in [1.165, 1.54) is 16.8 Å². The van der Waals surface area contributed by atoms with Gasteiger partial charge in [-0.2, -0.15) is 0 Å². The van der Waals surface area contributed by atoms with Crippen LogP contribution in [0.2, 0.25) is 0 Å². The Hall–Kier alpha value is -2.99. The van der Waals surface area contributed by atoms with Gasteiger partial charge in [-0.05, 0) is 42.5 Å². The summed E-state index contributed by atoms with van der Waals surface area (Å²) in [5, 5.41) is 3.97. The highest BCUT2D eigenvalue weighted by atomic mass is 79.9. The molecule has 1 aromatic heterocycles. The summed E-state index contributed by atoms with van der Waals surface area (Å²) in [6.45, 7) is 4.68. The highest BCUT2D eigenvalue weighted by Crippen LogP contribution is 2.31. The van der Waals surface area contributed by atoms with E-state index in [9.17, 15) is 13.2 Å². The lowest BCUT2D eigenvalue weighted by atomic mass is 10.1. The maximum absolute atomic E-state index is 12.9. The van der Waals surface area contributed by atoms with Gasteiger partial charge in [0.2, 0.25) is 0 Å². The summed E-state index contributed by atoms with van der Waals surface area (Å²) in [6.07, 6.45) is 0. The second-order valence-electron chi connectivity index (χ2n) is 8.66. The molecule has 1 aliphatic rings. The van der Waals surface area contributed by atoms with E-state index in [2.05, 4.69) is 41.8 Å². The molecule has 0 spiro atoms. The van der Waals surface area contributed by atoms with Gasteiger partial charge in [-0.3, -0.25) is 14.4 Å². The van der Waals surface area contributed by atoms with Gasteiger partial charge in [0.05, 0.1) is 26.4 Å². The maximum Gasteiger partial charge on any atom is 0.261 e. The number of rotatable bonds is 8. The van der Waals surface area contributed by atoms with Gasteiger partial charge in [-0.25, -0.2) is 13.4 Å². The molecule has 1 amide bonds. The second kappa shape index (κ2) is 11.2. The molecule has 0 saturated carbocycles. The fraction of sp³-hybridized carbons (Fsp3) is 0.231. The zero-order valence-electron chi connectivity index (χ0n) is 19.9. The summed E-state index contributed by atoms with van der Waals surface area (Å²) in [4.78, 5) is 22.4. The number of hydrogen-bond acceptors (Lipinski definition) is 7. The first-order valence-electron chi connectivity index (χ1n) is 11.9. The molecule has 192 valence electrons. The lowest BCUT2D eigenvalue weighted by Crippen LogP contribution is -2.48. The van der Waals surface area contributed by atoms with Gasteiger partial charge in [0, 0.05) is 43.7 Å². The van der Waals surface area contributed by atoms with Crippen LogP contribution in [0.4, 0.5) is 10.8 Å². The van der Waals surface area contributed by atoms with Crippen molar-refractivity contribution in [1.29, 1.82) is 0 Å². The number of benzene rings is 3. The SMILES string of the molecule is O=C(NCCN1CCN(c2nc3ccc(Br)cc3s2)CC1)c1ccccc1NS(=O)(=O)c1ccccc1. The Kier molecular flexibility index (Phi) is 7.75. The van der Waals surface area contributed by atoms with Crippen molar-refractivity contribution in [2.45, 2.75) is 4.90 Å². The monoisotopic (exact) mass is 599 g/mol. The standard InChI is InChI=1S/C26H26BrN5O3S2/c27-19-10-11-23-24(18-19)36-26(29-23)32-16-14-31(15-17-32)13-12-28-25(33)21-8-4-5-9-22(21)30-37(34,35)20-6-2-1-3-7-20/h1-11,18,30H,12-17H2,(H,28,33). The van der Waals surface area contributed by atoms with Crippen LogP contribution in [0.1, 0.15) is 10.4 Å². The summed E-state index contributed by atoms with van der Waals surface area (Å²) >= 11 is 5.22. The molecule has 8 nitrogen and oxygen atoms in total. The minimum absolute atomic E-state index is 0.142. The van der Waals surface area contributed by atoms with Crippen molar-refractivity contribution < 1.29 is 13.2 Å². The third kappa shape index (κ3) is 6.12. The molecule has 0 bridgehead atoms. The summed E-state index contributed by atoms with van der Waals surface area (Å²) in [5.74, 6) is -0.314. The van der Waals surface area contributed by atoms with E-state index in [1.54, 1.807) is 53.8 Å². The Morgan fingerprint density at radius 1 is 0.973 bits per heavy atom. The third-order valence-electron chi connectivity index (χ3n) is 6.17. The molecule has 3 aromatic carbocycles. The Morgan fingerprint density at radius 3 is 2.49 bits per heavy atom. The van der Waals surface area contributed by atoms with Crippen molar-refractivity contribution >= 4 is 64.2 Å². The molecule has 2 N–H and O–H groups in total. The molecule has 1 aliphatic heterocycles. The Bertz CT molecular complexity index is 1500. The number of aromatic nitrogens is 1. The van der Waals surface area contributed by atoms with E-state index in [0.29, 0.717) is 13.1 Å². The molecule has 1 saturated heterocycles. The summed E-state index contributed by atoms with van der Waals surface area (Å²) in [5.41, 5.74) is 1.55. The van der Waals surface area contributed by atoms with Gasteiger partial charge < -0.3 is 10.2 Å². The first-order chi connectivity index (χ1) is 17.9.